The number of carbonyl (C=O) groups excluding carboxylic acids is 3. The van der Waals surface area contributed by atoms with E-state index in [0.29, 0.717) is 49.7 Å². The maximum atomic E-state index is 13.6. The van der Waals surface area contributed by atoms with Crippen LogP contribution in [0.1, 0.15) is 78.3 Å². The Morgan fingerprint density at radius 1 is 1.23 bits per heavy atom. The molecule has 1 aromatic heterocycles. The van der Waals surface area contributed by atoms with Crippen molar-refractivity contribution in [3.05, 3.63) is 23.7 Å². The van der Waals surface area contributed by atoms with Crippen LogP contribution in [0.25, 0.3) is 0 Å². The third kappa shape index (κ3) is 6.28. The summed E-state index contributed by atoms with van der Waals surface area (Å²) in [5, 5.41) is 26.6. The molecule has 3 N–H and O–H groups in total. The summed E-state index contributed by atoms with van der Waals surface area (Å²) in [4.78, 5) is 46.0. The second kappa shape index (κ2) is 13.1. The number of ketones is 1. The Morgan fingerprint density at radius 3 is 2.66 bits per heavy atom. The molecule has 1 aliphatic heterocycles. The molecule has 0 spiro atoms. The molecule has 8 atom stereocenters. The average molecular weight is 648 g/mol. The quantitative estimate of drug-likeness (QED) is 0.259. The molecule has 3 aliphatic carbocycles. The molecule has 1 aromatic rings. The second-order valence-electron chi connectivity index (χ2n) is 14.3. The number of ether oxygens (including phenoxy) is 1. The molecule has 2 bridgehead atoms. The Balaban J connectivity index is 1.21. The SMILES string of the molecule is C=C[C@]1(C)C[C@@H](OC(=O)CSCc2csc(NC(=O)CN3CCC(O)CC3)n2)[C@]2(C)[C@H](C)CC[C@]3(CCC(=O)[C@H]32)[C@@H](C)[C@@H]1O. The smallest absolute Gasteiger partial charge is 0.316 e. The number of thiazole rings is 1. The van der Waals surface area contributed by atoms with E-state index in [-0.39, 0.29) is 59.2 Å². The first-order valence-electron chi connectivity index (χ1n) is 16.1. The lowest BCUT2D eigenvalue weighted by Gasteiger charge is -2.61. The Morgan fingerprint density at radius 2 is 1.95 bits per heavy atom. The van der Waals surface area contributed by atoms with Crippen molar-refractivity contribution < 1.29 is 29.3 Å². The number of carbonyl (C=O) groups is 3. The van der Waals surface area contributed by atoms with E-state index in [1.165, 1.54) is 23.1 Å². The van der Waals surface area contributed by atoms with Crippen molar-refractivity contribution in [1.82, 2.24) is 9.88 Å². The van der Waals surface area contributed by atoms with E-state index in [2.05, 4.69) is 37.7 Å². The zero-order valence-electron chi connectivity index (χ0n) is 26.5. The number of nitrogens with zero attached hydrogens (tertiary/aromatic N) is 2. The van der Waals surface area contributed by atoms with E-state index in [0.717, 1.165) is 25.0 Å². The first kappa shape index (κ1) is 33.6. The maximum Gasteiger partial charge on any atom is 0.316 e. The van der Waals surface area contributed by atoms with Crippen molar-refractivity contribution in [2.24, 2.45) is 34.0 Å². The van der Waals surface area contributed by atoms with Gasteiger partial charge < -0.3 is 20.3 Å². The van der Waals surface area contributed by atoms with Crippen molar-refractivity contribution in [3.8, 4) is 0 Å². The van der Waals surface area contributed by atoms with Gasteiger partial charge in [0.15, 0.2) is 5.13 Å². The predicted molar refractivity (Wildman–Crippen MR) is 173 cm³/mol. The highest BCUT2D eigenvalue weighted by molar-refractivity contribution is 7.99. The van der Waals surface area contributed by atoms with Gasteiger partial charge in [-0.05, 0) is 55.8 Å². The fourth-order valence-electron chi connectivity index (χ4n) is 8.80. The van der Waals surface area contributed by atoms with Crippen LogP contribution in [-0.4, -0.2) is 81.5 Å². The van der Waals surface area contributed by atoms with Gasteiger partial charge >= 0.3 is 5.97 Å². The summed E-state index contributed by atoms with van der Waals surface area (Å²) in [5.74, 6) is 0.301. The number of piperidine rings is 1. The van der Waals surface area contributed by atoms with Crippen LogP contribution in [0.15, 0.2) is 18.0 Å². The summed E-state index contributed by atoms with van der Waals surface area (Å²) in [6.07, 6.45) is 5.26. The van der Waals surface area contributed by atoms with Crippen LogP contribution in [0.4, 0.5) is 5.13 Å². The van der Waals surface area contributed by atoms with Gasteiger partial charge in [0, 0.05) is 47.4 Å². The van der Waals surface area contributed by atoms with Gasteiger partial charge in [-0.2, -0.15) is 0 Å². The molecule has 2 heterocycles. The number of Topliss-reactive ketones (excluding diaryl/α,β-unsaturated/α-hetero) is 1. The van der Waals surface area contributed by atoms with Crippen LogP contribution in [0.5, 0.6) is 0 Å². The van der Waals surface area contributed by atoms with Gasteiger partial charge in [0.2, 0.25) is 5.91 Å². The number of aliphatic hydroxyl groups is 2. The number of nitrogens with one attached hydrogen (secondary N) is 1. The second-order valence-corrected chi connectivity index (χ2v) is 16.1. The first-order valence-corrected chi connectivity index (χ1v) is 18.1. The van der Waals surface area contributed by atoms with Crippen molar-refractivity contribution in [2.45, 2.75) is 96.7 Å². The van der Waals surface area contributed by atoms with E-state index in [1.807, 2.05) is 23.3 Å². The van der Waals surface area contributed by atoms with Crippen LogP contribution in [-0.2, 0) is 24.9 Å². The lowest BCUT2D eigenvalue weighted by molar-refractivity contribution is -0.205. The molecular weight excluding hydrogens is 599 g/mol. The molecule has 3 saturated carbocycles. The minimum atomic E-state index is -0.686. The molecule has 4 aliphatic rings. The number of likely N-dealkylation sites (tertiary alicyclic amines) is 1. The Kier molecular flexibility index (Phi) is 10.0. The molecule has 4 fully saturated rings. The largest absolute Gasteiger partial charge is 0.461 e. The van der Waals surface area contributed by atoms with Crippen molar-refractivity contribution in [3.63, 3.8) is 0 Å². The molecule has 244 valence electrons. The van der Waals surface area contributed by atoms with Crippen LogP contribution in [0, 0.1) is 34.0 Å². The van der Waals surface area contributed by atoms with Gasteiger partial charge in [-0.3, -0.25) is 19.3 Å². The summed E-state index contributed by atoms with van der Waals surface area (Å²) in [6, 6.07) is 0. The number of hydrogen-bond donors (Lipinski definition) is 3. The standard InChI is InChI=1S/C33H49N3O6S2/c1-6-31(4)15-25(32(5)20(2)7-11-33(21(3)29(31)41)12-8-24(38)28(32)33)42-27(40)19-43-17-22-18-44-30(34-22)35-26(39)16-36-13-9-23(37)10-14-36/h6,18,20-21,23,25,28-29,37,41H,1,7-17,19H2,2-5H3,(H,34,35,39)/t20-,21+,25-,28+,29+,31-,32+,33+/m1/s1. The predicted octanol–water partition coefficient (Wildman–Crippen LogP) is 4.68. The van der Waals surface area contributed by atoms with Crippen LogP contribution in [0.3, 0.4) is 0 Å². The molecule has 0 unspecified atom stereocenters. The van der Waals surface area contributed by atoms with E-state index >= 15 is 0 Å². The van der Waals surface area contributed by atoms with Gasteiger partial charge in [0.25, 0.3) is 0 Å². The number of anilines is 1. The number of esters is 1. The van der Waals surface area contributed by atoms with Crippen LogP contribution in [0.2, 0.25) is 0 Å². The molecule has 1 saturated heterocycles. The highest BCUT2D eigenvalue weighted by atomic mass is 32.2. The normalized spacial score (nSPS) is 38.0. The molecule has 0 aromatic carbocycles. The number of thioether (sulfide) groups is 1. The topological polar surface area (TPSA) is 129 Å². The van der Waals surface area contributed by atoms with E-state index in [9.17, 15) is 24.6 Å². The third-order valence-electron chi connectivity index (χ3n) is 11.8. The van der Waals surface area contributed by atoms with Crippen molar-refractivity contribution in [1.29, 1.82) is 0 Å². The lowest BCUT2D eigenvalue weighted by Crippen LogP contribution is -2.63. The average Bonchev–Trinajstić information content (AvgIpc) is 3.59. The first-order chi connectivity index (χ1) is 20.8. The van der Waals surface area contributed by atoms with Gasteiger partial charge in [0.05, 0.1) is 30.2 Å². The number of amides is 1. The van der Waals surface area contributed by atoms with Gasteiger partial charge in [-0.25, -0.2) is 4.98 Å². The van der Waals surface area contributed by atoms with Gasteiger partial charge in [-0.1, -0.05) is 33.8 Å². The number of aromatic nitrogens is 1. The van der Waals surface area contributed by atoms with Gasteiger partial charge in [-0.15, -0.1) is 29.7 Å². The lowest BCUT2D eigenvalue weighted by atomic mass is 9.44. The molecule has 11 heteroatoms. The monoisotopic (exact) mass is 647 g/mol. The van der Waals surface area contributed by atoms with E-state index < -0.39 is 23.0 Å². The summed E-state index contributed by atoms with van der Waals surface area (Å²) >= 11 is 2.77. The highest BCUT2D eigenvalue weighted by Gasteiger charge is 2.68. The van der Waals surface area contributed by atoms with E-state index in [1.54, 1.807) is 0 Å². The summed E-state index contributed by atoms with van der Waals surface area (Å²) in [7, 11) is 0. The molecule has 9 nitrogen and oxygen atoms in total. The maximum absolute atomic E-state index is 13.6. The number of hydrogen-bond acceptors (Lipinski definition) is 10. The van der Waals surface area contributed by atoms with E-state index in [4.69, 9.17) is 4.74 Å². The summed E-state index contributed by atoms with van der Waals surface area (Å²) < 4.78 is 6.33. The van der Waals surface area contributed by atoms with Crippen LogP contribution >= 0.6 is 23.1 Å². The third-order valence-corrected chi connectivity index (χ3v) is 13.5. The minimum Gasteiger partial charge on any atom is -0.461 e. The number of aliphatic hydroxyl groups excluding tert-OH is 2. The number of rotatable bonds is 9. The Labute approximate surface area is 269 Å². The molecule has 1 amide bonds. The Hall–Kier alpha value is -1.79. The van der Waals surface area contributed by atoms with Gasteiger partial charge in [0.1, 0.15) is 11.9 Å². The summed E-state index contributed by atoms with van der Waals surface area (Å²) in [6.45, 7) is 14.2. The molecule has 0 radical (unpaired) electrons. The Bertz CT molecular complexity index is 1250. The molecular formula is C33H49N3O6S2. The molecule has 44 heavy (non-hydrogen) atoms. The minimum absolute atomic E-state index is 0.0624. The van der Waals surface area contributed by atoms with Crippen molar-refractivity contribution in [2.75, 3.05) is 30.7 Å². The van der Waals surface area contributed by atoms with Crippen LogP contribution < -0.4 is 5.32 Å². The zero-order valence-corrected chi connectivity index (χ0v) is 28.2. The fraction of sp³-hybridized carbons (Fsp3) is 0.758. The summed E-state index contributed by atoms with van der Waals surface area (Å²) in [5.41, 5.74) is -0.701. The zero-order chi connectivity index (χ0) is 31.9. The fourth-order valence-corrected chi connectivity index (χ4v) is 10.3. The highest BCUT2D eigenvalue weighted by Crippen LogP contribution is 2.68. The molecule has 5 rings (SSSR count). The van der Waals surface area contributed by atoms with Crippen molar-refractivity contribution >= 4 is 45.9 Å².